The van der Waals surface area contributed by atoms with Crippen LogP contribution in [0, 0.1) is 0 Å². The monoisotopic (exact) mass is 446 g/mol. The molecule has 164 valence electrons. The topological polar surface area (TPSA) is 15.3 Å². The van der Waals surface area contributed by atoms with Crippen LogP contribution in [0.2, 0.25) is 0 Å². The molecule has 1 fully saturated rings. The molecule has 4 heteroatoms. The number of aryl methyl sites for hydroxylation is 1. The molecule has 2 aromatic rings. The van der Waals surface area contributed by atoms with E-state index in [1.54, 1.807) is 22.3 Å². The number of nitrogens with zero attached hydrogens (tertiary/aromatic N) is 1. The van der Waals surface area contributed by atoms with Gasteiger partial charge in [0.25, 0.3) is 0 Å². The van der Waals surface area contributed by atoms with E-state index in [2.05, 4.69) is 58.7 Å². The number of hydrogen-bond acceptors (Lipinski definition) is 2. The zero-order valence-corrected chi connectivity index (χ0v) is 19.6. The summed E-state index contributed by atoms with van der Waals surface area (Å²) >= 11 is 0. The normalized spacial score (nSPS) is 25.9. The van der Waals surface area contributed by atoms with E-state index in [4.69, 9.17) is 0 Å². The van der Waals surface area contributed by atoms with Gasteiger partial charge in [-0.05, 0) is 92.8 Å². The highest BCUT2D eigenvalue weighted by molar-refractivity contribution is 5.85. The molecule has 1 aliphatic carbocycles. The SMILES string of the molecule is Cl.Cl.c1ccc2c(c1)CCC1(CCCCN1CCC1CNCCc3ccccc31)C2. The van der Waals surface area contributed by atoms with Crippen molar-refractivity contribution >= 4 is 24.8 Å². The average molecular weight is 447 g/mol. The van der Waals surface area contributed by atoms with Gasteiger partial charge in [-0.3, -0.25) is 4.90 Å². The third kappa shape index (κ3) is 4.72. The Kier molecular flexibility index (Phi) is 8.26. The fourth-order valence-corrected chi connectivity index (χ4v) is 6.11. The molecule has 0 bridgehead atoms. The first-order valence-corrected chi connectivity index (χ1v) is 11.4. The van der Waals surface area contributed by atoms with E-state index in [9.17, 15) is 0 Å². The van der Waals surface area contributed by atoms with Gasteiger partial charge in [0.05, 0.1) is 0 Å². The smallest absolute Gasteiger partial charge is 0.0253 e. The molecule has 5 rings (SSSR count). The lowest BCUT2D eigenvalue weighted by Crippen LogP contribution is -2.55. The van der Waals surface area contributed by atoms with Crippen LogP contribution in [0.3, 0.4) is 0 Å². The lowest BCUT2D eigenvalue weighted by Gasteiger charge is -2.50. The first-order chi connectivity index (χ1) is 13.8. The molecule has 1 N–H and O–H groups in total. The lowest BCUT2D eigenvalue weighted by molar-refractivity contribution is 0.0314. The van der Waals surface area contributed by atoms with Crippen molar-refractivity contribution in [1.82, 2.24) is 10.2 Å². The van der Waals surface area contributed by atoms with Crippen LogP contribution in [0.4, 0.5) is 0 Å². The minimum atomic E-state index is 0. The van der Waals surface area contributed by atoms with Crippen LogP contribution < -0.4 is 5.32 Å². The zero-order valence-electron chi connectivity index (χ0n) is 17.9. The number of nitrogens with one attached hydrogen (secondary N) is 1. The third-order valence-corrected chi connectivity index (χ3v) is 7.69. The van der Waals surface area contributed by atoms with Gasteiger partial charge in [0.1, 0.15) is 0 Å². The van der Waals surface area contributed by atoms with Crippen molar-refractivity contribution in [3.8, 4) is 0 Å². The average Bonchev–Trinajstić information content (AvgIpc) is 2.95. The van der Waals surface area contributed by atoms with Gasteiger partial charge >= 0.3 is 0 Å². The van der Waals surface area contributed by atoms with Crippen molar-refractivity contribution in [1.29, 1.82) is 0 Å². The second kappa shape index (κ2) is 10.5. The number of rotatable bonds is 3. The van der Waals surface area contributed by atoms with Crippen LogP contribution in [0.15, 0.2) is 48.5 Å². The lowest BCUT2D eigenvalue weighted by atomic mass is 9.72. The predicted octanol–water partition coefficient (Wildman–Crippen LogP) is 5.56. The van der Waals surface area contributed by atoms with Gasteiger partial charge < -0.3 is 5.32 Å². The molecule has 2 atom stereocenters. The molecule has 2 aromatic carbocycles. The molecule has 0 amide bonds. The first kappa shape index (κ1) is 23.6. The summed E-state index contributed by atoms with van der Waals surface area (Å²) in [6, 6.07) is 18.4. The Morgan fingerprint density at radius 3 is 2.50 bits per heavy atom. The van der Waals surface area contributed by atoms with Crippen LogP contribution in [-0.2, 0) is 19.3 Å². The van der Waals surface area contributed by atoms with E-state index in [-0.39, 0.29) is 24.8 Å². The number of piperidine rings is 1. The van der Waals surface area contributed by atoms with Crippen molar-refractivity contribution in [3.63, 3.8) is 0 Å². The van der Waals surface area contributed by atoms with Gasteiger partial charge in [0.15, 0.2) is 0 Å². The standard InChI is InChI=1S/C26H34N2.2ClH/c1-2-9-23-19-26(15-11-21(23)7-1)14-5-6-17-28(26)18-13-24-20-27-16-12-22-8-3-4-10-25(22)24;;/h1-4,7-10,24,27H,5-6,11-20H2;2*1H. The minimum absolute atomic E-state index is 0. The van der Waals surface area contributed by atoms with Crippen molar-refractivity contribution in [2.75, 3.05) is 26.2 Å². The Morgan fingerprint density at radius 2 is 1.63 bits per heavy atom. The molecule has 30 heavy (non-hydrogen) atoms. The molecular formula is C26H36Cl2N2. The highest BCUT2D eigenvalue weighted by Gasteiger charge is 2.41. The predicted molar refractivity (Wildman–Crippen MR) is 131 cm³/mol. The van der Waals surface area contributed by atoms with E-state index in [1.165, 1.54) is 64.5 Å². The summed E-state index contributed by atoms with van der Waals surface area (Å²) in [5.74, 6) is 0.661. The largest absolute Gasteiger partial charge is 0.316 e. The molecule has 2 unspecified atom stereocenters. The van der Waals surface area contributed by atoms with Gasteiger partial charge in [-0.2, -0.15) is 0 Å². The minimum Gasteiger partial charge on any atom is -0.316 e. The zero-order chi connectivity index (χ0) is 18.8. The third-order valence-electron chi connectivity index (χ3n) is 7.69. The van der Waals surface area contributed by atoms with Gasteiger partial charge in [-0.1, -0.05) is 55.0 Å². The number of fused-ring (bicyclic) bond motifs is 2. The highest BCUT2D eigenvalue weighted by Crippen LogP contribution is 2.40. The van der Waals surface area contributed by atoms with Gasteiger partial charge in [0.2, 0.25) is 0 Å². The Hall–Kier alpha value is -1.06. The van der Waals surface area contributed by atoms with Gasteiger partial charge in [0, 0.05) is 12.1 Å². The molecule has 0 aromatic heterocycles. The Morgan fingerprint density at radius 1 is 0.867 bits per heavy atom. The van der Waals surface area contributed by atoms with Crippen molar-refractivity contribution in [2.45, 2.75) is 62.8 Å². The molecule has 2 nitrogen and oxygen atoms in total. The van der Waals surface area contributed by atoms with E-state index in [0.717, 1.165) is 13.1 Å². The summed E-state index contributed by atoms with van der Waals surface area (Å²) in [5.41, 5.74) is 6.80. The maximum absolute atomic E-state index is 3.70. The number of benzene rings is 2. The van der Waals surface area contributed by atoms with Gasteiger partial charge in [-0.25, -0.2) is 0 Å². The molecule has 2 aliphatic heterocycles. The van der Waals surface area contributed by atoms with Crippen LogP contribution in [-0.4, -0.2) is 36.6 Å². The second-order valence-electron chi connectivity index (χ2n) is 9.25. The first-order valence-electron chi connectivity index (χ1n) is 11.4. The van der Waals surface area contributed by atoms with E-state index >= 15 is 0 Å². The van der Waals surface area contributed by atoms with Crippen LogP contribution >= 0.6 is 24.8 Å². The molecule has 1 spiro atoms. The summed E-state index contributed by atoms with van der Waals surface area (Å²) in [6.45, 7) is 4.81. The summed E-state index contributed by atoms with van der Waals surface area (Å²) < 4.78 is 0. The van der Waals surface area contributed by atoms with Crippen LogP contribution in [0.1, 0.15) is 60.3 Å². The molecule has 0 radical (unpaired) electrons. The second-order valence-corrected chi connectivity index (χ2v) is 9.25. The molecule has 0 saturated carbocycles. The number of halogens is 2. The number of likely N-dealkylation sites (tertiary alicyclic amines) is 1. The van der Waals surface area contributed by atoms with E-state index in [1.807, 2.05) is 0 Å². The van der Waals surface area contributed by atoms with Crippen molar-refractivity contribution in [3.05, 3.63) is 70.8 Å². The summed E-state index contributed by atoms with van der Waals surface area (Å²) in [6.07, 6.45) is 10.5. The van der Waals surface area contributed by atoms with Crippen LogP contribution in [0.25, 0.3) is 0 Å². The maximum atomic E-state index is 3.70. The van der Waals surface area contributed by atoms with E-state index < -0.39 is 0 Å². The van der Waals surface area contributed by atoms with Crippen molar-refractivity contribution < 1.29 is 0 Å². The van der Waals surface area contributed by atoms with Crippen LogP contribution in [0.5, 0.6) is 0 Å². The highest BCUT2D eigenvalue weighted by atomic mass is 35.5. The Bertz CT molecular complexity index is 824. The summed E-state index contributed by atoms with van der Waals surface area (Å²) in [4.78, 5) is 2.90. The van der Waals surface area contributed by atoms with E-state index in [0.29, 0.717) is 11.5 Å². The Labute approximate surface area is 194 Å². The maximum Gasteiger partial charge on any atom is 0.0253 e. The fourth-order valence-electron chi connectivity index (χ4n) is 6.11. The molecule has 2 heterocycles. The van der Waals surface area contributed by atoms with Gasteiger partial charge in [-0.15, -0.1) is 24.8 Å². The Balaban J connectivity index is 0.00000128. The number of hydrogen-bond donors (Lipinski definition) is 1. The summed E-state index contributed by atoms with van der Waals surface area (Å²) in [5, 5.41) is 3.70. The molecular weight excluding hydrogens is 411 g/mol. The molecule has 3 aliphatic rings. The molecule has 1 saturated heterocycles. The fraction of sp³-hybridized carbons (Fsp3) is 0.538. The van der Waals surface area contributed by atoms with Crippen molar-refractivity contribution in [2.24, 2.45) is 0 Å². The summed E-state index contributed by atoms with van der Waals surface area (Å²) in [7, 11) is 0. The quantitative estimate of drug-likeness (QED) is 0.663.